The van der Waals surface area contributed by atoms with Gasteiger partial charge < -0.3 is 10.2 Å². The first-order valence-corrected chi connectivity index (χ1v) is 7.64. The van der Waals surface area contributed by atoms with Crippen molar-refractivity contribution in [2.45, 2.75) is 71.4 Å². The molecule has 0 bridgehead atoms. The summed E-state index contributed by atoms with van der Waals surface area (Å²) in [6.45, 7) is 8.62. The zero-order valence-corrected chi connectivity index (χ0v) is 12.2. The van der Waals surface area contributed by atoms with Crippen molar-refractivity contribution in [2.24, 2.45) is 5.41 Å². The molecule has 0 saturated carbocycles. The summed E-state index contributed by atoms with van der Waals surface area (Å²) in [6, 6.07) is 0.860. The Morgan fingerprint density at radius 2 is 1.78 bits per heavy atom. The number of carbonyl (C=O) groups excluding carboxylic acids is 1. The highest BCUT2D eigenvalue weighted by Crippen LogP contribution is 2.37. The van der Waals surface area contributed by atoms with Gasteiger partial charge in [0.05, 0.1) is 5.41 Å². The third-order valence-corrected chi connectivity index (χ3v) is 5.12. The average molecular weight is 252 g/mol. The van der Waals surface area contributed by atoms with E-state index in [0.29, 0.717) is 18.0 Å². The van der Waals surface area contributed by atoms with E-state index in [-0.39, 0.29) is 5.41 Å². The van der Waals surface area contributed by atoms with Gasteiger partial charge in [0.2, 0.25) is 5.91 Å². The standard InChI is InChI=1S/C15H28N2O/c1-4-15(8-10-16-11-9-15)14(18)17-12(2)6-5-7-13(17)3/h12-13,16H,4-11H2,1-3H3. The molecule has 2 atom stereocenters. The van der Waals surface area contributed by atoms with Crippen LogP contribution in [0, 0.1) is 5.41 Å². The van der Waals surface area contributed by atoms with Crippen LogP contribution in [0.5, 0.6) is 0 Å². The van der Waals surface area contributed by atoms with Crippen LogP contribution in [-0.2, 0) is 4.79 Å². The molecule has 3 heteroatoms. The van der Waals surface area contributed by atoms with Crippen LogP contribution in [0.2, 0.25) is 0 Å². The number of carbonyl (C=O) groups is 1. The molecule has 1 amide bonds. The van der Waals surface area contributed by atoms with Gasteiger partial charge in [-0.2, -0.15) is 0 Å². The van der Waals surface area contributed by atoms with E-state index < -0.39 is 0 Å². The maximum atomic E-state index is 13.0. The van der Waals surface area contributed by atoms with E-state index in [4.69, 9.17) is 0 Å². The number of piperidine rings is 2. The first kappa shape index (κ1) is 13.9. The summed E-state index contributed by atoms with van der Waals surface area (Å²) in [5, 5.41) is 3.38. The maximum absolute atomic E-state index is 13.0. The molecular formula is C15H28N2O. The molecule has 2 saturated heterocycles. The van der Waals surface area contributed by atoms with Crippen LogP contribution in [0.3, 0.4) is 0 Å². The van der Waals surface area contributed by atoms with Crippen molar-refractivity contribution >= 4 is 5.91 Å². The fraction of sp³-hybridized carbons (Fsp3) is 0.933. The largest absolute Gasteiger partial charge is 0.337 e. The highest BCUT2D eigenvalue weighted by Gasteiger charge is 2.43. The van der Waals surface area contributed by atoms with Crippen molar-refractivity contribution in [3.63, 3.8) is 0 Å². The van der Waals surface area contributed by atoms with Crippen molar-refractivity contribution in [3.8, 4) is 0 Å². The van der Waals surface area contributed by atoms with Gasteiger partial charge in [-0.1, -0.05) is 6.92 Å². The van der Waals surface area contributed by atoms with Gasteiger partial charge in [-0.25, -0.2) is 0 Å². The van der Waals surface area contributed by atoms with Crippen LogP contribution in [-0.4, -0.2) is 36.0 Å². The molecule has 2 heterocycles. The number of amides is 1. The number of hydrogen-bond donors (Lipinski definition) is 1. The Bertz CT molecular complexity index is 287. The van der Waals surface area contributed by atoms with Gasteiger partial charge in [-0.05, 0) is 65.5 Å². The summed E-state index contributed by atoms with van der Waals surface area (Å²) >= 11 is 0. The predicted octanol–water partition coefficient (Wildman–Crippen LogP) is 2.56. The molecule has 2 aliphatic rings. The van der Waals surface area contributed by atoms with Crippen LogP contribution in [0.4, 0.5) is 0 Å². The second-order valence-corrected chi connectivity index (χ2v) is 6.23. The van der Waals surface area contributed by atoms with Gasteiger partial charge in [-0.3, -0.25) is 4.79 Å². The number of nitrogens with one attached hydrogen (secondary N) is 1. The quantitative estimate of drug-likeness (QED) is 0.819. The van der Waals surface area contributed by atoms with Gasteiger partial charge >= 0.3 is 0 Å². The molecular weight excluding hydrogens is 224 g/mol. The second-order valence-electron chi connectivity index (χ2n) is 6.23. The monoisotopic (exact) mass is 252 g/mol. The van der Waals surface area contributed by atoms with E-state index in [2.05, 4.69) is 31.0 Å². The number of likely N-dealkylation sites (tertiary alicyclic amines) is 1. The summed E-state index contributed by atoms with van der Waals surface area (Å²) in [7, 11) is 0. The van der Waals surface area contributed by atoms with Crippen LogP contribution < -0.4 is 5.32 Å². The van der Waals surface area contributed by atoms with E-state index in [1.165, 1.54) is 19.3 Å². The van der Waals surface area contributed by atoms with Gasteiger partial charge in [0.1, 0.15) is 0 Å². The van der Waals surface area contributed by atoms with Gasteiger partial charge in [0.25, 0.3) is 0 Å². The molecule has 0 aromatic carbocycles. The molecule has 1 N–H and O–H groups in total. The number of hydrogen-bond acceptors (Lipinski definition) is 2. The Balaban J connectivity index is 2.16. The minimum atomic E-state index is -0.0783. The Morgan fingerprint density at radius 1 is 1.22 bits per heavy atom. The lowest BCUT2D eigenvalue weighted by Gasteiger charge is -2.46. The molecule has 2 fully saturated rings. The Hall–Kier alpha value is -0.570. The molecule has 0 spiro atoms. The van der Waals surface area contributed by atoms with Crippen molar-refractivity contribution in [3.05, 3.63) is 0 Å². The minimum Gasteiger partial charge on any atom is -0.337 e. The summed E-state index contributed by atoms with van der Waals surface area (Å²) in [5.74, 6) is 0.436. The van der Waals surface area contributed by atoms with Crippen LogP contribution >= 0.6 is 0 Å². The fourth-order valence-electron chi connectivity index (χ4n) is 3.72. The number of nitrogens with zero attached hydrogens (tertiary/aromatic N) is 1. The second kappa shape index (κ2) is 5.60. The lowest BCUT2D eigenvalue weighted by molar-refractivity contribution is -0.150. The third kappa shape index (κ3) is 2.42. The van der Waals surface area contributed by atoms with E-state index in [9.17, 15) is 4.79 Å². The minimum absolute atomic E-state index is 0.0783. The number of rotatable bonds is 2. The smallest absolute Gasteiger partial charge is 0.229 e. The van der Waals surface area contributed by atoms with E-state index in [1.807, 2.05) is 0 Å². The van der Waals surface area contributed by atoms with Crippen molar-refractivity contribution < 1.29 is 4.79 Å². The maximum Gasteiger partial charge on any atom is 0.229 e. The third-order valence-electron chi connectivity index (χ3n) is 5.12. The molecule has 2 aliphatic heterocycles. The lowest BCUT2D eigenvalue weighted by atomic mass is 9.74. The highest BCUT2D eigenvalue weighted by atomic mass is 16.2. The molecule has 0 aliphatic carbocycles. The molecule has 2 rings (SSSR count). The normalized spacial score (nSPS) is 32.3. The Morgan fingerprint density at radius 3 is 2.28 bits per heavy atom. The van der Waals surface area contributed by atoms with Gasteiger partial charge in [0.15, 0.2) is 0 Å². The molecule has 104 valence electrons. The van der Waals surface area contributed by atoms with Crippen LogP contribution in [0.25, 0.3) is 0 Å². The molecule has 0 aromatic heterocycles. The summed E-state index contributed by atoms with van der Waals surface area (Å²) in [6.07, 6.45) is 6.63. The first-order valence-electron chi connectivity index (χ1n) is 7.64. The van der Waals surface area contributed by atoms with Crippen molar-refractivity contribution in [2.75, 3.05) is 13.1 Å². The van der Waals surface area contributed by atoms with Gasteiger partial charge in [0, 0.05) is 12.1 Å². The zero-order valence-electron chi connectivity index (χ0n) is 12.2. The van der Waals surface area contributed by atoms with Gasteiger partial charge in [-0.15, -0.1) is 0 Å². The zero-order chi connectivity index (χ0) is 13.2. The molecule has 0 aromatic rings. The van der Waals surface area contributed by atoms with Crippen molar-refractivity contribution in [1.82, 2.24) is 10.2 Å². The molecule has 2 unspecified atom stereocenters. The van der Waals surface area contributed by atoms with Crippen LogP contribution in [0.1, 0.15) is 59.3 Å². The first-order chi connectivity index (χ1) is 8.60. The topological polar surface area (TPSA) is 32.3 Å². The summed E-state index contributed by atoms with van der Waals surface area (Å²) in [4.78, 5) is 15.2. The van der Waals surface area contributed by atoms with Crippen LogP contribution in [0.15, 0.2) is 0 Å². The summed E-state index contributed by atoms with van der Waals surface area (Å²) in [5.41, 5.74) is -0.0783. The van der Waals surface area contributed by atoms with Crippen molar-refractivity contribution in [1.29, 1.82) is 0 Å². The molecule has 0 radical (unpaired) electrons. The Labute approximate surface area is 111 Å². The predicted molar refractivity (Wildman–Crippen MR) is 74.4 cm³/mol. The lowest BCUT2D eigenvalue weighted by Crippen LogP contribution is -2.55. The van der Waals surface area contributed by atoms with E-state index in [1.54, 1.807) is 0 Å². The van der Waals surface area contributed by atoms with E-state index in [0.717, 1.165) is 32.4 Å². The highest BCUT2D eigenvalue weighted by molar-refractivity contribution is 5.83. The van der Waals surface area contributed by atoms with E-state index >= 15 is 0 Å². The Kier molecular flexibility index (Phi) is 4.31. The molecule has 18 heavy (non-hydrogen) atoms. The molecule has 3 nitrogen and oxygen atoms in total. The SMILES string of the molecule is CCC1(C(=O)N2C(C)CCCC2C)CCNCC1. The average Bonchev–Trinajstić information content (AvgIpc) is 2.39. The summed E-state index contributed by atoms with van der Waals surface area (Å²) < 4.78 is 0. The fourth-order valence-corrected chi connectivity index (χ4v) is 3.72.